The second kappa shape index (κ2) is 21.7. The minimum Gasteiger partial charge on any atom is -0.469 e. The lowest BCUT2D eigenvalue weighted by molar-refractivity contribution is 0.332. The van der Waals surface area contributed by atoms with E-state index in [0.717, 1.165) is 98.6 Å². The summed E-state index contributed by atoms with van der Waals surface area (Å²) in [6.45, 7) is 57.3. The highest BCUT2D eigenvalue weighted by molar-refractivity contribution is 6.63. The van der Waals surface area contributed by atoms with E-state index >= 15 is 0 Å². The molecule has 2 aromatic rings. The fraction of sp³-hybridized carbons (Fsp3) is 0.492. The first-order valence-corrected chi connectivity index (χ1v) is 25.2. The summed E-state index contributed by atoms with van der Waals surface area (Å²) in [6.07, 6.45) is 31.4. The van der Waals surface area contributed by atoms with E-state index in [4.69, 9.17) is 4.42 Å². The molecule has 3 nitrogen and oxygen atoms in total. The maximum atomic E-state index is 7.31. The Kier molecular flexibility index (Phi) is 17.8. The van der Waals surface area contributed by atoms with Gasteiger partial charge in [0.15, 0.2) is 0 Å². The fourth-order valence-electron chi connectivity index (χ4n) is 9.36. The molecule has 0 unspecified atom stereocenters. The van der Waals surface area contributed by atoms with Gasteiger partial charge < -0.3 is 14.2 Å². The molecule has 67 heavy (non-hydrogen) atoms. The van der Waals surface area contributed by atoms with Gasteiger partial charge in [-0.15, -0.1) is 0 Å². The minimum absolute atomic E-state index is 0.0213. The fourth-order valence-corrected chi connectivity index (χ4v) is 9.36. The summed E-state index contributed by atoms with van der Waals surface area (Å²) in [6, 6.07) is 4.84. The summed E-state index contributed by atoms with van der Waals surface area (Å²) in [7, 11) is 2.31. The van der Waals surface area contributed by atoms with Gasteiger partial charge in [-0.05, 0) is 153 Å². The molecular weight excluding hydrogens is 812 g/mol. The van der Waals surface area contributed by atoms with Crippen LogP contribution in [0.5, 0.6) is 0 Å². The van der Waals surface area contributed by atoms with Crippen molar-refractivity contribution >= 4 is 29.6 Å². The Balaban J connectivity index is 2.30. The number of furan rings is 1. The summed E-state index contributed by atoms with van der Waals surface area (Å²) in [4.78, 5) is 4.91. The number of anilines is 1. The second-order valence-corrected chi connectivity index (χ2v) is 23.7. The number of allylic oxidation sites excluding steroid dienone is 16. The number of rotatable bonds is 15. The first-order valence-electron chi connectivity index (χ1n) is 25.2. The predicted octanol–water partition coefficient (Wildman–Crippen LogP) is 18.1. The molecule has 0 N–H and O–H groups in total. The van der Waals surface area contributed by atoms with Crippen molar-refractivity contribution < 1.29 is 4.42 Å². The van der Waals surface area contributed by atoms with Gasteiger partial charge in [-0.2, -0.15) is 0 Å². The minimum atomic E-state index is -0.0731. The molecule has 0 amide bonds. The van der Waals surface area contributed by atoms with Crippen LogP contribution in [-0.2, 0) is 10.8 Å². The van der Waals surface area contributed by atoms with Crippen molar-refractivity contribution in [3.63, 3.8) is 0 Å². The Labute approximate surface area is 411 Å². The third-order valence-corrected chi connectivity index (χ3v) is 14.2. The van der Waals surface area contributed by atoms with E-state index in [0.29, 0.717) is 6.54 Å². The molecule has 1 aromatic carbocycles. The molecule has 0 fully saturated rings. The third-order valence-electron chi connectivity index (χ3n) is 14.2. The van der Waals surface area contributed by atoms with Gasteiger partial charge in [0.1, 0.15) is 5.58 Å². The van der Waals surface area contributed by atoms with Crippen molar-refractivity contribution in [2.45, 2.75) is 181 Å². The van der Waals surface area contributed by atoms with Crippen molar-refractivity contribution in [2.24, 2.45) is 16.2 Å². The normalized spacial score (nSPS) is 20.4. The SMILES string of the molecule is C=C/C(=C\C=C\C(C)(C)CCCC)N1C/C=C(\C=C/C)N(C(=C/C)/C(=C\CC(C)(C)C)C(/C(=C)C)=C(\C)C=C)/C(C)=C(/C=C(\C)C(C)(C)C)[B]c2oc3cc4c(cc3c21)C(C)(C)CCC4(C)C. The Morgan fingerprint density at radius 3 is 2.06 bits per heavy atom. The lowest BCUT2D eigenvalue weighted by Gasteiger charge is -2.41. The lowest BCUT2D eigenvalue weighted by Crippen LogP contribution is -2.34. The second-order valence-electron chi connectivity index (χ2n) is 23.7. The van der Waals surface area contributed by atoms with Gasteiger partial charge in [-0.3, -0.25) is 0 Å². The van der Waals surface area contributed by atoms with Gasteiger partial charge >= 0.3 is 0 Å². The Morgan fingerprint density at radius 2 is 1.54 bits per heavy atom. The third kappa shape index (κ3) is 13.1. The van der Waals surface area contributed by atoms with Gasteiger partial charge in [0.25, 0.3) is 0 Å². The summed E-state index contributed by atoms with van der Waals surface area (Å²) in [5.41, 5.74) is 16.7. The maximum Gasteiger partial charge on any atom is 0.246 e. The van der Waals surface area contributed by atoms with E-state index in [1.807, 2.05) is 12.2 Å². The van der Waals surface area contributed by atoms with E-state index < -0.39 is 0 Å². The summed E-state index contributed by atoms with van der Waals surface area (Å²) >= 11 is 0. The van der Waals surface area contributed by atoms with Gasteiger partial charge in [-0.25, -0.2) is 0 Å². The molecule has 1 aliphatic carbocycles. The Bertz CT molecular complexity index is 2470. The first kappa shape index (κ1) is 54.9. The average molecular weight is 902 g/mol. The number of benzene rings is 1. The number of fused-ring (bicyclic) bond motifs is 4. The largest absolute Gasteiger partial charge is 0.469 e. The first-order chi connectivity index (χ1) is 31.1. The molecule has 4 rings (SSSR count). The zero-order valence-corrected chi connectivity index (χ0v) is 46.0. The van der Waals surface area contributed by atoms with Gasteiger partial charge in [-0.1, -0.05) is 182 Å². The molecule has 0 atom stereocenters. The number of hydrogen-bond acceptors (Lipinski definition) is 3. The van der Waals surface area contributed by atoms with Crippen molar-refractivity contribution in [2.75, 3.05) is 11.4 Å². The molecule has 0 bridgehead atoms. The van der Waals surface area contributed by atoms with Crippen LogP contribution >= 0.6 is 0 Å². The van der Waals surface area contributed by atoms with Crippen LogP contribution in [0.1, 0.15) is 181 Å². The van der Waals surface area contributed by atoms with E-state index in [2.05, 4.69) is 235 Å². The van der Waals surface area contributed by atoms with Gasteiger partial charge in [0, 0.05) is 40.3 Å². The molecule has 2 aliphatic rings. The monoisotopic (exact) mass is 902 g/mol. The van der Waals surface area contributed by atoms with Gasteiger partial charge in [0.05, 0.1) is 11.3 Å². The van der Waals surface area contributed by atoms with Crippen LogP contribution in [0.25, 0.3) is 11.0 Å². The highest BCUT2D eigenvalue weighted by Gasteiger charge is 2.39. The smallest absolute Gasteiger partial charge is 0.246 e. The van der Waals surface area contributed by atoms with E-state index in [9.17, 15) is 0 Å². The highest BCUT2D eigenvalue weighted by atomic mass is 16.3. The number of hydrogen-bond donors (Lipinski definition) is 0. The molecule has 2 heterocycles. The maximum absolute atomic E-state index is 7.31. The number of unbranched alkanes of at least 4 members (excludes halogenated alkanes) is 1. The predicted molar refractivity (Wildman–Crippen MR) is 299 cm³/mol. The van der Waals surface area contributed by atoms with Crippen molar-refractivity contribution in [3.8, 4) is 0 Å². The molecule has 1 aliphatic heterocycles. The molecule has 0 spiro atoms. The summed E-state index contributed by atoms with van der Waals surface area (Å²) in [5, 5.41) is 1.13. The molecule has 361 valence electrons. The Morgan fingerprint density at radius 1 is 0.910 bits per heavy atom. The van der Waals surface area contributed by atoms with Crippen LogP contribution in [0.2, 0.25) is 0 Å². The van der Waals surface area contributed by atoms with E-state index in [-0.39, 0.29) is 27.1 Å². The van der Waals surface area contributed by atoms with E-state index in [1.165, 1.54) is 29.5 Å². The van der Waals surface area contributed by atoms with Crippen molar-refractivity contribution in [3.05, 3.63) is 166 Å². The molecule has 1 aromatic heterocycles. The van der Waals surface area contributed by atoms with Crippen LogP contribution in [0.15, 0.2) is 159 Å². The topological polar surface area (TPSA) is 19.6 Å². The molecule has 1 radical (unpaired) electrons. The average Bonchev–Trinajstić information content (AvgIpc) is 3.58. The summed E-state index contributed by atoms with van der Waals surface area (Å²) < 4.78 is 7.31. The Hall–Kier alpha value is -4.70. The van der Waals surface area contributed by atoms with Crippen LogP contribution < -0.4 is 10.6 Å². The van der Waals surface area contributed by atoms with Crippen LogP contribution in [0, 0.1) is 16.2 Å². The number of nitrogens with zero attached hydrogens (tertiary/aromatic N) is 2. The van der Waals surface area contributed by atoms with Crippen molar-refractivity contribution in [1.29, 1.82) is 0 Å². The highest BCUT2D eigenvalue weighted by Crippen LogP contribution is 2.49. The van der Waals surface area contributed by atoms with Crippen LogP contribution in [-0.4, -0.2) is 18.7 Å². The summed E-state index contributed by atoms with van der Waals surface area (Å²) in [5.74, 6) is 0. The van der Waals surface area contributed by atoms with E-state index in [1.54, 1.807) is 0 Å². The van der Waals surface area contributed by atoms with Gasteiger partial charge in [0.2, 0.25) is 7.28 Å². The van der Waals surface area contributed by atoms with Crippen molar-refractivity contribution in [1.82, 2.24) is 4.90 Å². The quantitative estimate of drug-likeness (QED) is 0.131. The van der Waals surface area contributed by atoms with Crippen LogP contribution in [0.4, 0.5) is 5.69 Å². The zero-order chi connectivity index (χ0) is 50.4. The molecule has 0 saturated carbocycles. The standard InChI is InChI=1S/C63H90BN2O/c1-23-28-34-61(17,18)35-29-31-47(26-4)65-39-33-48(30-24-2)66(54(27-5)49(32-36-59(11,12)13)56(43(6)7)44(8)25-3)46(10)53(40-45(9)60(14,15)16)64-58-57(65)50-41-51-52(42-55(50)67-58)63(21,22)38-37-62(51,19)20/h24-27,29-33,35,40-42H,3-4,6,23,28,34,36-39H2,1-2,5,7-22H3/b30-24-,35-29+,45-40+,47-31+,48-33+,49-32+,53-46-,54-27+,56-44+. The molecule has 4 heteroatoms. The molecular formula is C63H90BN2O. The molecule has 0 saturated heterocycles. The van der Waals surface area contributed by atoms with Crippen LogP contribution in [0.3, 0.4) is 0 Å². The lowest BCUT2D eigenvalue weighted by atomic mass is 9.62. The zero-order valence-electron chi connectivity index (χ0n) is 46.0.